The predicted octanol–water partition coefficient (Wildman–Crippen LogP) is 1.38. The second-order valence-corrected chi connectivity index (χ2v) is 7.96. The van der Waals surface area contributed by atoms with Gasteiger partial charge in [0.05, 0.1) is 19.8 Å². The van der Waals surface area contributed by atoms with E-state index in [4.69, 9.17) is 28.4 Å². The highest BCUT2D eigenvalue weighted by molar-refractivity contribution is 5.88. The van der Waals surface area contributed by atoms with E-state index in [1.54, 1.807) is 26.8 Å². The number of ether oxygens (including phenoxy) is 6. The van der Waals surface area contributed by atoms with Crippen LogP contribution in [0.4, 0.5) is 0 Å². The summed E-state index contributed by atoms with van der Waals surface area (Å²) in [5.41, 5.74) is 0.467. The molecule has 1 fully saturated rings. The van der Waals surface area contributed by atoms with Crippen LogP contribution in [-0.2, 0) is 42.8 Å². The third-order valence-corrected chi connectivity index (χ3v) is 5.04. The van der Waals surface area contributed by atoms with Crippen LogP contribution in [0.2, 0.25) is 0 Å². The molecule has 1 saturated heterocycles. The van der Waals surface area contributed by atoms with Gasteiger partial charge in [-0.1, -0.05) is 6.08 Å². The molecule has 0 aliphatic carbocycles. The number of hydrogen-bond donors (Lipinski definition) is 1. The van der Waals surface area contributed by atoms with Gasteiger partial charge in [0.15, 0.2) is 18.0 Å². The average Bonchev–Trinajstić information content (AvgIpc) is 3.07. The number of allylic oxidation sites excluding steroid dienone is 1. The average molecular weight is 456 g/mol. The summed E-state index contributed by atoms with van der Waals surface area (Å²) in [5, 5.41) is 2.83. The molecule has 5 atom stereocenters. The van der Waals surface area contributed by atoms with Gasteiger partial charge in [0, 0.05) is 26.0 Å². The van der Waals surface area contributed by atoms with Gasteiger partial charge in [-0.15, -0.1) is 6.58 Å². The number of esters is 2. The van der Waals surface area contributed by atoms with E-state index in [0.717, 1.165) is 0 Å². The lowest BCUT2D eigenvalue weighted by molar-refractivity contribution is -0.191. The number of carbonyl (C=O) groups excluding carboxylic acids is 3. The number of rotatable bonds is 9. The van der Waals surface area contributed by atoms with Crippen LogP contribution in [-0.4, -0.2) is 74.4 Å². The Morgan fingerprint density at radius 2 is 2.00 bits per heavy atom. The first kappa shape index (κ1) is 25.8. The molecule has 2 rings (SSSR count). The van der Waals surface area contributed by atoms with Crippen molar-refractivity contribution in [2.75, 3.05) is 20.3 Å². The minimum absolute atomic E-state index is 0.0761. The van der Waals surface area contributed by atoms with Crippen LogP contribution in [0.15, 0.2) is 24.0 Å². The van der Waals surface area contributed by atoms with Gasteiger partial charge in [-0.2, -0.15) is 0 Å². The van der Waals surface area contributed by atoms with E-state index in [9.17, 15) is 14.4 Å². The third-order valence-electron chi connectivity index (χ3n) is 5.04. The fourth-order valence-corrected chi connectivity index (χ4v) is 3.91. The van der Waals surface area contributed by atoms with E-state index in [0.29, 0.717) is 5.57 Å². The minimum Gasteiger partial charge on any atom is -0.477 e. The number of hydrogen-bond acceptors (Lipinski definition) is 9. The Morgan fingerprint density at radius 3 is 2.47 bits per heavy atom. The number of amides is 1. The molecule has 32 heavy (non-hydrogen) atoms. The number of nitrogens with one attached hydrogen (secondary N) is 1. The van der Waals surface area contributed by atoms with Crippen LogP contribution in [0.3, 0.4) is 0 Å². The summed E-state index contributed by atoms with van der Waals surface area (Å²) in [7, 11) is 1.23. The van der Waals surface area contributed by atoms with Crippen molar-refractivity contribution in [1.29, 1.82) is 0 Å². The van der Waals surface area contributed by atoms with E-state index in [1.807, 2.05) is 0 Å². The Kier molecular flexibility index (Phi) is 8.82. The molecule has 1 N–H and O–H groups in total. The highest BCUT2D eigenvalue weighted by Crippen LogP contribution is 2.36. The molecule has 0 aromatic rings. The Labute approximate surface area is 188 Å². The summed E-state index contributed by atoms with van der Waals surface area (Å²) in [6, 6.07) is -0.799. The van der Waals surface area contributed by atoms with Crippen LogP contribution in [0.25, 0.3) is 0 Å². The molecule has 0 aromatic carbocycles. The second-order valence-electron chi connectivity index (χ2n) is 7.96. The first-order chi connectivity index (χ1) is 15.0. The van der Waals surface area contributed by atoms with Gasteiger partial charge in [-0.05, 0) is 27.2 Å². The van der Waals surface area contributed by atoms with Gasteiger partial charge in [0.25, 0.3) is 0 Å². The maximum absolute atomic E-state index is 12.6. The molecule has 2 heterocycles. The van der Waals surface area contributed by atoms with E-state index in [-0.39, 0.29) is 31.3 Å². The lowest BCUT2D eigenvalue weighted by Gasteiger charge is -2.43. The molecular formula is C22H33NO9. The van der Waals surface area contributed by atoms with Gasteiger partial charge in [0.1, 0.15) is 12.2 Å². The molecule has 180 valence electrons. The van der Waals surface area contributed by atoms with Crippen molar-refractivity contribution in [2.45, 2.75) is 77.3 Å². The molecular weight excluding hydrogens is 422 g/mol. The molecule has 10 nitrogen and oxygen atoms in total. The van der Waals surface area contributed by atoms with Crippen LogP contribution >= 0.6 is 0 Å². The summed E-state index contributed by atoms with van der Waals surface area (Å²) in [5.74, 6) is -2.63. The van der Waals surface area contributed by atoms with Gasteiger partial charge in [-0.25, -0.2) is 4.79 Å². The van der Waals surface area contributed by atoms with Crippen molar-refractivity contribution in [3.05, 3.63) is 24.0 Å². The molecule has 0 radical (unpaired) electrons. The molecule has 2 aliphatic rings. The summed E-state index contributed by atoms with van der Waals surface area (Å²) < 4.78 is 34.1. The smallest absolute Gasteiger partial charge is 0.373 e. The Hall–Kier alpha value is -2.43. The van der Waals surface area contributed by atoms with Crippen LogP contribution in [0.1, 0.15) is 41.0 Å². The molecule has 0 aromatic heterocycles. The highest BCUT2D eigenvalue weighted by Gasteiger charge is 2.52. The topological polar surface area (TPSA) is 119 Å². The predicted molar refractivity (Wildman–Crippen MR) is 112 cm³/mol. The first-order valence-corrected chi connectivity index (χ1v) is 10.5. The van der Waals surface area contributed by atoms with Crippen molar-refractivity contribution in [3.8, 4) is 0 Å². The van der Waals surface area contributed by atoms with Crippen molar-refractivity contribution < 1.29 is 42.8 Å². The summed E-state index contributed by atoms with van der Waals surface area (Å²) in [6.45, 7) is 12.0. The zero-order valence-corrected chi connectivity index (χ0v) is 19.5. The maximum Gasteiger partial charge on any atom is 0.373 e. The maximum atomic E-state index is 12.6. The van der Waals surface area contributed by atoms with Crippen molar-refractivity contribution >= 4 is 17.8 Å². The lowest BCUT2D eigenvalue weighted by atomic mass is 9.87. The monoisotopic (exact) mass is 455 g/mol. The van der Waals surface area contributed by atoms with E-state index >= 15 is 0 Å². The summed E-state index contributed by atoms with van der Waals surface area (Å²) in [4.78, 5) is 36.7. The number of methoxy groups -OCH3 is 1. The molecule has 2 aliphatic heterocycles. The molecule has 10 heteroatoms. The summed E-state index contributed by atoms with van der Waals surface area (Å²) >= 11 is 0. The Bertz CT molecular complexity index is 761. The highest BCUT2D eigenvalue weighted by atomic mass is 16.8. The zero-order valence-electron chi connectivity index (χ0n) is 19.5. The SMILES string of the molecule is C=CCC1=C(C(=O)OC)O[C@@H]([C@H](OC(C)=O)[C@H]2COC(C)(C)O2)[C@H](NC(C)=O)[C@H]1OCC. The fourth-order valence-electron chi connectivity index (χ4n) is 3.91. The van der Waals surface area contributed by atoms with Crippen molar-refractivity contribution in [2.24, 2.45) is 0 Å². The van der Waals surface area contributed by atoms with E-state index in [2.05, 4.69) is 11.9 Å². The van der Waals surface area contributed by atoms with Crippen molar-refractivity contribution in [3.63, 3.8) is 0 Å². The Morgan fingerprint density at radius 1 is 1.31 bits per heavy atom. The Balaban J connectivity index is 2.61. The van der Waals surface area contributed by atoms with E-state index < -0.39 is 48.2 Å². The van der Waals surface area contributed by atoms with E-state index in [1.165, 1.54) is 21.0 Å². The number of carbonyl (C=O) groups is 3. The third kappa shape index (κ3) is 6.08. The van der Waals surface area contributed by atoms with Crippen molar-refractivity contribution in [1.82, 2.24) is 5.32 Å². The molecule has 0 spiro atoms. The van der Waals surface area contributed by atoms with Crippen LogP contribution in [0, 0.1) is 0 Å². The molecule has 0 unspecified atom stereocenters. The van der Waals surface area contributed by atoms with Crippen LogP contribution < -0.4 is 5.32 Å². The molecule has 0 bridgehead atoms. The van der Waals surface area contributed by atoms with Gasteiger partial charge in [0.2, 0.25) is 11.7 Å². The standard InChI is InChI=1S/C22H33NO9/c1-8-10-14-17(28-9-2)16(23-12(3)24)20(31-18(14)21(26)27-7)19(30-13(4)25)15-11-29-22(5,6)32-15/h8,15-17,19-20H,1,9-11H2,2-7H3,(H,23,24)/t15-,16-,17+,19-,20-/m1/s1. The van der Waals surface area contributed by atoms with Gasteiger partial charge < -0.3 is 33.7 Å². The molecule has 0 saturated carbocycles. The van der Waals surface area contributed by atoms with Gasteiger partial charge in [-0.3, -0.25) is 9.59 Å². The fraction of sp³-hybridized carbons (Fsp3) is 0.682. The quantitative estimate of drug-likeness (QED) is 0.406. The largest absolute Gasteiger partial charge is 0.477 e. The van der Waals surface area contributed by atoms with Crippen LogP contribution in [0.5, 0.6) is 0 Å². The first-order valence-electron chi connectivity index (χ1n) is 10.5. The van der Waals surface area contributed by atoms with Gasteiger partial charge >= 0.3 is 11.9 Å². The lowest BCUT2D eigenvalue weighted by Crippen LogP contribution is -2.62. The molecule has 1 amide bonds. The normalized spacial score (nSPS) is 27.8. The summed E-state index contributed by atoms with van der Waals surface area (Å²) in [6.07, 6.45) is -1.66. The second kappa shape index (κ2) is 10.9. The zero-order chi connectivity index (χ0) is 24.1. The minimum atomic E-state index is -1.02.